The second-order valence-corrected chi connectivity index (χ2v) is 22.1. The number of hydrogen-bond acceptors (Lipinski definition) is 5. The van der Waals surface area contributed by atoms with Crippen molar-refractivity contribution in [2.24, 2.45) is 0 Å². The maximum atomic E-state index is 12.4. The van der Waals surface area contributed by atoms with E-state index in [9.17, 15) is 19.8 Å². The molecule has 0 spiro atoms. The van der Waals surface area contributed by atoms with Crippen molar-refractivity contribution in [1.82, 2.24) is 5.32 Å². The number of unbranched alkanes of at least 4 members (excludes halogenated alkanes) is 47. The molecule has 0 heterocycles. The zero-order valence-electron chi connectivity index (χ0n) is 47.5. The summed E-state index contributed by atoms with van der Waals surface area (Å²) in [6.45, 7) is 4.97. The van der Waals surface area contributed by atoms with Crippen molar-refractivity contribution in [3.63, 3.8) is 0 Å². The van der Waals surface area contributed by atoms with Crippen LogP contribution >= 0.6 is 0 Å². The van der Waals surface area contributed by atoms with Crippen LogP contribution in [0.3, 0.4) is 0 Å². The molecule has 0 aromatic rings. The zero-order valence-corrected chi connectivity index (χ0v) is 47.5. The third-order valence-corrected chi connectivity index (χ3v) is 15.1. The third-order valence-electron chi connectivity index (χ3n) is 15.1. The molecule has 0 aromatic heterocycles. The third kappa shape index (κ3) is 55.9. The van der Waals surface area contributed by atoms with E-state index in [-0.39, 0.29) is 18.5 Å². The van der Waals surface area contributed by atoms with E-state index in [0.717, 1.165) is 38.5 Å². The predicted molar refractivity (Wildman–Crippen MR) is 306 cm³/mol. The van der Waals surface area contributed by atoms with Gasteiger partial charge in [0, 0.05) is 12.8 Å². The van der Waals surface area contributed by atoms with E-state index in [0.29, 0.717) is 25.9 Å². The molecule has 0 rings (SSSR count). The van der Waals surface area contributed by atoms with Gasteiger partial charge in [0.1, 0.15) is 0 Å². The Morgan fingerprint density at radius 1 is 0.386 bits per heavy atom. The first-order valence-corrected chi connectivity index (χ1v) is 31.9. The maximum Gasteiger partial charge on any atom is 0.305 e. The SMILES string of the molecule is CCCCCCCCCCCCCCCCCCC(=O)OCCCCCCCCCCCCCC/C=C\CCCCCCCCCCCCCC(=O)NC(CO)C(O)CCCCCCCCCCCC. The summed E-state index contributed by atoms with van der Waals surface area (Å²) >= 11 is 0. The fraction of sp³-hybridized carbons (Fsp3) is 0.938. The molecule has 0 radical (unpaired) electrons. The first kappa shape index (κ1) is 68.6. The van der Waals surface area contributed by atoms with Gasteiger partial charge in [-0.2, -0.15) is 0 Å². The highest BCUT2D eigenvalue weighted by Crippen LogP contribution is 2.18. The predicted octanol–water partition coefficient (Wildman–Crippen LogP) is 20.0. The highest BCUT2D eigenvalue weighted by molar-refractivity contribution is 5.76. The zero-order chi connectivity index (χ0) is 50.7. The monoisotopic (exact) mass is 988 g/mol. The lowest BCUT2D eigenvalue weighted by molar-refractivity contribution is -0.143. The Labute approximate surface area is 438 Å². The number of esters is 1. The summed E-state index contributed by atoms with van der Waals surface area (Å²) in [6.07, 6.45) is 72.4. The van der Waals surface area contributed by atoms with Crippen LogP contribution in [-0.2, 0) is 14.3 Å². The summed E-state index contributed by atoms with van der Waals surface area (Å²) in [5.74, 6) is -0.0167. The van der Waals surface area contributed by atoms with Gasteiger partial charge in [-0.15, -0.1) is 0 Å². The number of allylic oxidation sites excluding steroid dienone is 2. The fourth-order valence-corrected chi connectivity index (χ4v) is 10.2. The van der Waals surface area contributed by atoms with Gasteiger partial charge in [0.05, 0.1) is 25.4 Å². The first-order valence-electron chi connectivity index (χ1n) is 31.9. The number of rotatable bonds is 60. The lowest BCUT2D eigenvalue weighted by atomic mass is 10.0. The van der Waals surface area contributed by atoms with Gasteiger partial charge in [-0.25, -0.2) is 0 Å². The van der Waals surface area contributed by atoms with E-state index in [1.165, 1.54) is 289 Å². The minimum absolute atomic E-state index is 0.0191. The molecule has 0 aliphatic heterocycles. The lowest BCUT2D eigenvalue weighted by Crippen LogP contribution is -2.45. The number of aliphatic hydroxyl groups excluding tert-OH is 2. The van der Waals surface area contributed by atoms with E-state index in [4.69, 9.17) is 4.74 Å². The number of carbonyl (C=O) groups excluding carboxylic acids is 2. The molecule has 0 saturated heterocycles. The molecular formula is C64H125NO5. The summed E-state index contributed by atoms with van der Waals surface area (Å²) in [5, 5.41) is 23.2. The smallest absolute Gasteiger partial charge is 0.305 e. The van der Waals surface area contributed by atoms with Crippen LogP contribution in [0, 0.1) is 0 Å². The number of carbonyl (C=O) groups is 2. The second kappa shape index (κ2) is 60.2. The minimum atomic E-state index is -0.662. The van der Waals surface area contributed by atoms with E-state index < -0.39 is 12.1 Å². The lowest BCUT2D eigenvalue weighted by Gasteiger charge is -2.22. The van der Waals surface area contributed by atoms with E-state index in [1.54, 1.807) is 0 Å². The van der Waals surface area contributed by atoms with Crippen LogP contribution in [0.1, 0.15) is 361 Å². The molecule has 3 N–H and O–H groups in total. The number of amides is 1. The highest BCUT2D eigenvalue weighted by atomic mass is 16.5. The quantitative estimate of drug-likeness (QED) is 0.0321. The molecule has 0 bridgehead atoms. The van der Waals surface area contributed by atoms with Crippen molar-refractivity contribution in [1.29, 1.82) is 0 Å². The Morgan fingerprint density at radius 2 is 0.671 bits per heavy atom. The van der Waals surface area contributed by atoms with Crippen molar-refractivity contribution < 1.29 is 24.5 Å². The number of ether oxygens (including phenoxy) is 1. The second-order valence-electron chi connectivity index (χ2n) is 22.1. The average molecular weight is 989 g/mol. The molecule has 0 saturated carbocycles. The molecule has 0 aromatic carbocycles. The van der Waals surface area contributed by atoms with Gasteiger partial charge in [0.25, 0.3) is 0 Å². The van der Waals surface area contributed by atoms with Crippen molar-refractivity contribution in [2.75, 3.05) is 13.2 Å². The van der Waals surface area contributed by atoms with E-state index in [1.807, 2.05) is 0 Å². The molecule has 1 amide bonds. The molecule has 6 nitrogen and oxygen atoms in total. The van der Waals surface area contributed by atoms with Crippen LogP contribution in [0.15, 0.2) is 12.2 Å². The van der Waals surface area contributed by atoms with Gasteiger partial charge in [-0.1, -0.05) is 309 Å². The first-order chi connectivity index (χ1) is 34.5. The van der Waals surface area contributed by atoms with Crippen LogP contribution in [0.2, 0.25) is 0 Å². The molecule has 2 atom stereocenters. The Kier molecular flexibility index (Phi) is 59.0. The standard InChI is InChI=1S/C64H125NO5/c1-3-5-7-9-11-13-15-16-17-32-35-38-42-46-50-54-58-64(69)70-59-55-51-47-43-39-36-33-30-28-26-24-22-20-18-19-21-23-25-27-29-31-34-37-41-45-49-53-57-63(68)65-61(60-66)62(67)56-52-48-44-40-14-12-10-8-6-4-2/h18-19,61-62,66-67H,3-17,20-60H2,1-2H3,(H,65,68)/b19-18-. The van der Waals surface area contributed by atoms with Crippen molar-refractivity contribution in [2.45, 2.75) is 373 Å². The van der Waals surface area contributed by atoms with Crippen LogP contribution < -0.4 is 5.32 Å². The van der Waals surface area contributed by atoms with Crippen LogP contribution in [-0.4, -0.2) is 47.4 Å². The molecular weight excluding hydrogens is 863 g/mol. The van der Waals surface area contributed by atoms with Gasteiger partial charge in [0.2, 0.25) is 5.91 Å². The molecule has 0 fully saturated rings. The topological polar surface area (TPSA) is 95.9 Å². The molecule has 416 valence electrons. The maximum absolute atomic E-state index is 12.4. The summed E-state index contributed by atoms with van der Waals surface area (Å²) in [4.78, 5) is 24.5. The summed E-state index contributed by atoms with van der Waals surface area (Å²) in [6, 6.07) is -0.539. The summed E-state index contributed by atoms with van der Waals surface area (Å²) in [5.41, 5.74) is 0. The van der Waals surface area contributed by atoms with Gasteiger partial charge >= 0.3 is 5.97 Å². The fourth-order valence-electron chi connectivity index (χ4n) is 10.2. The van der Waals surface area contributed by atoms with Gasteiger partial charge in [-0.05, 0) is 51.4 Å². The van der Waals surface area contributed by atoms with E-state index >= 15 is 0 Å². The molecule has 6 heteroatoms. The highest BCUT2D eigenvalue weighted by Gasteiger charge is 2.20. The Bertz CT molecular complexity index is 1050. The van der Waals surface area contributed by atoms with Crippen LogP contribution in [0.5, 0.6) is 0 Å². The largest absolute Gasteiger partial charge is 0.466 e. The van der Waals surface area contributed by atoms with E-state index in [2.05, 4.69) is 31.3 Å². The van der Waals surface area contributed by atoms with Gasteiger partial charge < -0.3 is 20.3 Å². The van der Waals surface area contributed by atoms with Crippen LogP contribution in [0.4, 0.5) is 0 Å². The van der Waals surface area contributed by atoms with Crippen molar-refractivity contribution in [3.05, 3.63) is 12.2 Å². The Morgan fingerprint density at radius 3 is 1.01 bits per heavy atom. The van der Waals surface area contributed by atoms with Crippen LogP contribution in [0.25, 0.3) is 0 Å². The minimum Gasteiger partial charge on any atom is -0.466 e. The summed E-state index contributed by atoms with van der Waals surface area (Å²) in [7, 11) is 0. The molecule has 0 aliphatic carbocycles. The number of hydrogen-bond donors (Lipinski definition) is 3. The van der Waals surface area contributed by atoms with Gasteiger partial charge in [0.15, 0.2) is 0 Å². The summed E-state index contributed by atoms with van der Waals surface area (Å²) < 4.78 is 5.50. The number of nitrogens with one attached hydrogen (secondary N) is 1. The van der Waals surface area contributed by atoms with Gasteiger partial charge in [-0.3, -0.25) is 9.59 Å². The Balaban J connectivity index is 3.34. The molecule has 0 aliphatic rings. The van der Waals surface area contributed by atoms with Crippen molar-refractivity contribution >= 4 is 11.9 Å². The number of aliphatic hydroxyl groups is 2. The van der Waals surface area contributed by atoms with Crippen molar-refractivity contribution in [3.8, 4) is 0 Å². The Hall–Kier alpha value is -1.40. The normalized spacial score (nSPS) is 12.6. The molecule has 70 heavy (non-hydrogen) atoms. The molecule has 2 unspecified atom stereocenters. The average Bonchev–Trinajstić information content (AvgIpc) is 3.36.